The summed E-state index contributed by atoms with van der Waals surface area (Å²) in [5.41, 5.74) is 3.39. The Balaban J connectivity index is 1.66. The number of rotatable bonds is 4. The van der Waals surface area contributed by atoms with Gasteiger partial charge < -0.3 is 0 Å². The lowest BCUT2D eigenvalue weighted by Crippen LogP contribution is -1.91. The Bertz CT molecular complexity index is 1110. The third-order valence-corrected chi connectivity index (χ3v) is 4.31. The highest BCUT2D eigenvalue weighted by atomic mass is 15.2. The predicted octanol–water partition coefficient (Wildman–Crippen LogP) is 4.78. The van der Waals surface area contributed by atoms with Gasteiger partial charge in [0.05, 0.1) is 5.69 Å². The molecule has 0 unspecified atom stereocenters. The number of nitriles is 1. The van der Waals surface area contributed by atoms with Gasteiger partial charge in [-0.1, -0.05) is 72.8 Å². The van der Waals surface area contributed by atoms with Gasteiger partial charge in [-0.3, -0.25) is 5.10 Å². The third-order valence-electron chi connectivity index (χ3n) is 4.31. The molecular formula is C22H16N4. The van der Waals surface area contributed by atoms with Crippen LogP contribution in [0.1, 0.15) is 22.4 Å². The van der Waals surface area contributed by atoms with E-state index in [0.717, 1.165) is 27.6 Å². The van der Waals surface area contributed by atoms with E-state index in [1.54, 1.807) is 6.21 Å². The van der Waals surface area contributed by atoms with Gasteiger partial charge in [0.2, 0.25) is 0 Å². The molecule has 0 bridgehead atoms. The summed E-state index contributed by atoms with van der Waals surface area (Å²) < 4.78 is 0. The maximum Gasteiger partial charge on any atom is 0.191 e. The fourth-order valence-electron chi connectivity index (χ4n) is 3.00. The number of aromatic amines is 1. The van der Waals surface area contributed by atoms with Gasteiger partial charge in [0.25, 0.3) is 0 Å². The SMILES string of the molecule is N#Cc1c(N=Cc2cccc3ccccc23)n[nH]c1Cc1ccccc1. The van der Waals surface area contributed by atoms with Crippen molar-refractivity contribution >= 4 is 22.8 Å². The second-order valence-electron chi connectivity index (χ2n) is 6.00. The molecule has 26 heavy (non-hydrogen) atoms. The minimum atomic E-state index is 0.423. The molecule has 1 heterocycles. The maximum absolute atomic E-state index is 9.55. The lowest BCUT2D eigenvalue weighted by Gasteiger charge is -2.01. The summed E-state index contributed by atoms with van der Waals surface area (Å²) in [7, 11) is 0. The smallest absolute Gasteiger partial charge is 0.191 e. The van der Waals surface area contributed by atoms with E-state index < -0.39 is 0 Å². The molecule has 4 heteroatoms. The van der Waals surface area contributed by atoms with Crippen molar-refractivity contribution in [2.24, 2.45) is 4.99 Å². The van der Waals surface area contributed by atoms with E-state index in [4.69, 9.17) is 0 Å². The van der Waals surface area contributed by atoms with Crippen molar-refractivity contribution in [3.8, 4) is 6.07 Å². The van der Waals surface area contributed by atoms with Crippen molar-refractivity contribution in [2.75, 3.05) is 0 Å². The minimum Gasteiger partial charge on any atom is -0.279 e. The van der Waals surface area contributed by atoms with Gasteiger partial charge in [0.1, 0.15) is 11.6 Å². The zero-order valence-corrected chi connectivity index (χ0v) is 14.1. The van der Waals surface area contributed by atoms with E-state index in [0.29, 0.717) is 17.8 Å². The van der Waals surface area contributed by atoms with Crippen LogP contribution in [0.25, 0.3) is 10.8 Å². The first-order valence-corrected chi connectivity index (χ1v) is 8.38. The molecular weight excluding hydrogens is 320 g/mol. The Hall–Kier alpha value is -3.71. The van der Waals surface area contributed by atoms with Crippen molar-refractivity contribution in [3.05, 3.63) is 95.2 Å². The number of nitrogens with zero attached hydrogens (tertiary/aromatic N) is 3. The molecule has 0 aliphatic rings. The summed E-state index contributed by atoms with van der Waals surface area (Å²) in [5, 5.41) is 19.0. The van der Waals surface area contributed by atoms with Crippen LogP contribution in [-0.2, 0) is 6.42 Å². The van der Waals surface area contributed by atoms with Crippen LogP contribution >= 0.6 is 0 Å². The van der Waals surface area contributed by atoms with Gasteiger partial charge in [-0.15, -0.1) is 0 Å². The van der Waals surface area contributed by atoms with E-state index in [-0.39, 0.29) is 0 Å². The van der Waals surface area contributed by atoms with E-state index >= 15 is 0 Å². The molecule has 0 aliphatic heterocycles. The lowest BCUT2D eigenvalue weighted by molar-refractivity contribution is 0.993. The second-order valence-corrected chi connectivity index (χ2v) is 6.00. The molecule has 0 atom stereocenters. The van der Waals surface area contributed by atoms with Crippen molar-refractivity contribution in [1.82, 2.24) is 10.2 Å². The normalized spacial score (nSPS) is 11.0. The van der Waals surface area contributed by atoms with Crippen molar-refractivity contribution in [2.45, 2.75) is 6.42 Å². The Labute approximate surface area is 151 Å². The number of H-pyrrole nitrogens is 1. The molecule has 0 fully saturated rings. The average Bonchev–Trinajstić information content (AvgIpc) is 3.08. The van der Waals surface area contributed by atoms with Crippen molar-refractivity contribution in [3.63, 3.8) is 0 Å². The fraction of sp³-hybridized carbons (Fsp3) is 0.0455. The molecule has 0 amide bonds. The zero-order chi connectivity index (χ0) is 17.8. The van der Waals surface area contributed by atoms with E-state index in [1.807, 2.05) is 54.6 Å². The fourth-order valence-corrected chi connectivity index (χ4v) is 3.00. The number of nitrogens with one attached hydrogen (secondary N) is 1. The largest absolute Gasteiger partial charge is 0.279 e. The molecule has 4 rings (SSSR count). The van der Waals surface area contributed by atoms with E-state index in [2.05, 4.69) is 39.5 Å². The first-order chi connectivity index (χ1) is 12.8. The van der Waals surface area contributed by atoms with Gasteiger partial charge in [0, 0.05) is 18.2 Å². The topological polar surface area (TPSA) is 64.8 Å². The Morgan fingerprint density at radius 3 is 2.58 bits per heavy atom. The van der Waals surface area contributed by atoms with Crippen LogP contribution in [0.2, 0.25) is 0 Å². The average molecular weight is 336 g/mol. The highest BCUT2D eigenvalue weighted by Gasteiger charge is 2.12. The summed E-state index contributed by atoms with van der Waals surface area (Å²) >= 11 is 0. The molecule has 3 aromatic carbocycles. The van der Waals surface area contributed by atoms with Crippen LogP contribution < -0.4 is 0 Å². The van der Waals surface area contributed by atoms with Crippen LogP contribution in [0.4, 0.5) is 5.82 Å². The van der Waals surface area contributed by atoms with E-state index in [1.165, 1.54) is 0 Å². The Morgan fingerprint density at radius 2 is 1.73 bits per heavy atom. The van der Waals surface area contributed by atoms with Crippen molar-refractivity contribution in [1.29, 1.82) is 5.26 Å². The molecule has 1 N–H and O–H groups in total. The minimum absolute atomic E-state index is 0.423. The quantitative estimate of drug-likeness (QED) is 0.545. The van der Waals surface area contributed by atoms with Crippen molar-refractivity contribution < 1.29 is 0 Å². The number of aromatic nitrogens is 2. The highest BCUT2D eigenvalue weighted by Crippen LogP contribution is 2.22. The molecule has 0 radical (unpaired) electrons. The number of hydrogen-bond donors (Lipinski definition) is 1. The van der Waals surface area contributed by atoms with Gasteiger partial charge in [-0.05, 0) is 16.3 Å². The zero-order valence-electron chi connectivity index (χ0n) is 14.1. The van der Waals surface area contributed by atoms with Gasteiger partial charge in [-0.25, -0.2) is 4.99 Å². The summed E-state index contributed by atoms with van der Waals surface area (Å²) in [6.07, 6.45) is 2.40. The van der Waals surface area contributed by atoms with Gasteiger partial charge >= 0.3 is 0 Å². The summed E-state index contributed by atoms with van der Waals surface area (Å²) in [5.74, 6) is 0.423. The number of aliphatic imine (C=N–C) groups is 1. The summed E-state index contributed by atoms with van der Waals surface area (Å²) in [4.78, 5) is 4.47. The highest BCUT2D eigenvalue weighted by molar-refractivity contribution is 6.00. The third kappa shape index (κ3) is 3.11. The first kappa shape index (κ1) is 15.8. The molecule has 0 saturated carbocycles. The standard InChI is InChI=1S/C22H16N4/c23-14-20-21(13-16-7-2-1-3-8-16)25-26-22(20)24-15-18-11-6-10-17-9-4-5-12-19(17)18/h1-12,15H,13H2,(H,25,26). The van der Waals surface area contributed by atoms with Gasteiger partial charge in [-0.2, -0.15) is 10.4 Å². The molecule has 1 aromatic heterocycles. The van der Waals surface area contributed by atoms with Crippen LogP contribution in [0.5, 0.6) is 0 Å². The van der Waals surface area contributed by atoms with Gasteiger partial charge in [0.15, 0.2) is 5.82 Å². The monoisotopic (exact) mass is 336 g/mol. The molecule has 124 valence electrons. The maximum atomic E-state index is 9.55. The predicted molar refractivity (Wildman–Crippen MR) is 104 cm³/mol. The molecule has 0 spiro atoms. The van der Waals surface area contributed by atoms with Crippen LogP contribution in [0.15, 0.2) is 77.8 Å². The Morgan fingerprint density at radius 1 is 0.962 bits per heavy atom. The molecule has 4 aromatic rings. The Kier molecular flexibility index (Phi) is 4.28. The molecule has 0 aliphatic carbocycles. The number of benzene rings is 3. The molecule has 0 saturated heterocycles. The van der Waals surface area contributed by atoms with Crippen LogP contribution in [0.3, 0.4) is 0 Å². The summed E-state index contributed by atoms with van der Waals surface area (Å²) in [6.45, 7) is 0. The van der Waals surface area contributed by atoms with Crippen LogP contribution in [-0.4, -0.2) is 16.4 Å². The summed E-state index contributed by atoms with van der Waals surface area (Å²) in [6, 6.07) is 26.5. The van der Waals surface area contributed by atoms with E-state index in [9.17, 15) is 5.26 Å². The first-order valence-electron chi connectivity index (χ1n) is 8.38. The molecule has 4 nitrogen and oxygen atoms in total. The lowest BCUT2D eigenvalue weighted by atomic mass is 10.1. The second kappa shape index (κ2) is 7.04. The number of hydrogen-bond acceptors (Lipinski definition) is 3. The van der Waals surface area contributed by atoms with Crippen LogP contribution in [0, 0.1) is 11.3 Å². The number of fused-ring (bicyclic) bond motifs is 1.